The lowest BCUT2D eigenvalue weighted by atomic mass is 9.91. The lowest BCUT2D eigenvalue weighted by Crippen LogP contribution is -2.16. The smallest absolute Gasteiger partial charge is 0.147 e. The van der Waals surface area contributed by atoms with Crippen LogP contribution >= 0.6 is 0 Å². The van der Waals surface area contributed by atoms with E-state index in [-0.39, 0.29) is 23.9 Å². The fraction of sp³-hybridized carbons (Fsp3) is 0.364. The third-order valence-corrected chi connectivity index (χ3v) is 4.22. The number of hydrogen-bond acceptors (Lipinski definition) is 2. The zero-order valence-corrected chi connectivity index (χ0v) is 14.8. The van der Waals surface area contributed by atoms with Crippen LogP contribution in [-0.4, -0.2) is 11.6 Å². The molecule has 2 aromatic rings. The predicted octanol–water partition coefficient (Wildman–Crippen LogP) is 4.76. The van der Waals surface area contributed by atoms with Crippen LogP contribution in [0.1, 0.15) is 49.8 Å². The van der Waals surface area contributed by atoms with Gasteiger partial charge in [-0.2, -0.15) is 0 Å². The Morgan fingerprint density at radius 1 is 0.833 bits per heavy atom. The van der Waals surface area contributed by atoms with Crippen molar-refractivity contribution in [2.45, 2.75) is 46.0 Å². The van der Waals surface area contributed by atoms with Crippen LogP contribution < -0.4 is 0 Å². The second-order valence-electron chi connectivity index (χ2n) is 6.91. The minimum Gasteiger partial charge on any atom is -0.299 e. The summed E-state index contributed by atoms with van der Waals surface area (Å²) >= 11 is 0. The fourth-order valence-electron chi connectivity index (χ4n) is 2.83. The Morgan fingerprint density at radius 3 is 2.04 bits per heavy atom. The highest BCUT2D eigenvalue weighted by molar-refractivity contribution is 6.02. The highest BCUT2D eigenvalue weighted by atomic mass is 16.1. The third kappa shape index (κ3) is 5.45. The van der Waals surface area contributed by atoms with Crippen molar-refractivity contribution in [2.75, 3.05) is 0 Å². The second kappa shape index (κ2) is 8.58. The maximum absolute atomic E-state index is 12.4. The number of ketones is 2. The van der Waals surface area contributed by atoms with Gasteiger partial charge in [-0.25, -0.2) is 0 Å². The van der Waals surface area contributed by atoms with Crippen molar-refractivity contribution in [1.29, 1.82) is 0 Å². The Balaban J connectivity index is 1.92. The summed E-state index contributed by atoms with van der Waals surface area (Å²) in [6.07, 6.45) is 1.37. The number of carbonyl (C=O) groups excluding carboxylic acids is 2. The lowest BCUT2D eigenvalue weighted by Gasteiger charge is -2.12. The van der Waals surface area contributed by atoms with E-state index in [0.717, 1.165) is 17.5 Å². The van der Waals surface area contributed by atoms with E-state index in [1.807, 2.05) is 49.4 Å². The van der Waals surface area contributed by atoms with Gasteiger partial charge in [0, 0.05) is 12.3 Å². The summed E-state index contributed by atoms with van der Waals surface area (Å²) in [6, 6.07) is 17.8. The first-order valence-corrected chi connectivity index (χ1v) is 8.63. The molecule has 0 aliphatic rings. The Bertz CT molecular complexity index is 669. The van der Waals surface area contributed by atoms with Crippen molar-refractivity contribution < 1.29 is 9.59 Å². The first kappa shape index (κ1) is 18.1. The molecule has 2 rings (SSSR count). The molecule has 0 unspecified atom stereocenters. The van der Waals surface area contributed by atoms with E-state index in [0.29, 0.717) is 12.3 Å². The van der Waals surface area contributed by atoms with Gasteiger partial charge in [0.15, 0.2) is 0 Å². The molecular weight excluding hydrogens is 296 g/mol. The fourth-order valence-corrected chi connectivity index (χ4v) is 2.83. The third-order valence-electron chi connectivity index (χ3n) is 4.22. The molecule has 1 atom stereocenters. The molecule has 0 aliphatic heterocycles. The largest absolute Gasteiger partial charge is 0.299 e. The van der Waals surface area contributed by atoms with Crippen LogP contribution in [0.15, 0.2) is 54.6 Å². The van der Waals surface area contributed by atoms with E-state index >= 15 is 0 Å². The maximum Gasteiger partial charge on any atom is 0.147 e. The first-order chi connectivity index (χ1) is 11.5. The maximum atomic E-state index is 12.4. The van der Waals surface area contributed by atoms with E-state index in [1.54, 1.807) is 0 Å². The molecule has 0 fully saturated rings. The van der Waals surface area contributed by atoms with Crippen molar-refractivity contribution in [2.24, 2.45) is 5.92 Å². The minimum absolute atomic E-state index is 0.00378. The van der Waals surface area contributed by atoms with Gasteiger partial charge in [0.1, 0.15) is 11.6 Å². The lowest BCUT2D eigenvalue weighted by molar-refractivity contribution is -0.127. The van der Waals surface area contributed by atoms with E-state index in [4.69, 9.17) is 0 Å². The molecule has 0 N–H and O–H groups in total. The van der Waals surface area contributed by atoms with Crippen molar-refractivity contribution in [1.82, 2.24) is 0 Å². The van der Waals surface area contributed by atoms with Crippen LogP contribution in [-0.2, 0) is 22.4 Å². The summed E-state index contributed by atoms with van der Waals surface area (Å²) in [5.41, 5.74) is 3.23. The predicted molar refractivity (Wildman–Crippen MR) is 98.2 cm³/mol. The second-order valence-corrected chi connectivity index (χ2v) is 6.91. The SMILES string of the molecule is CC(C)Cc1ccc([C@@H](C)C(=O)CC(=O)Cc2ccccc2)cc1. The zero-order valence-electron chi connectivity index (χ0n) is 14.8. The Kier molecular flexibility index (Phi) is 6.48. The van der Waals surface area contributed by atoms with Crippen molar-refractivity contribution >= 4 is 11.6 Å². The standard InChI is InChI=1S/C22H26O2/c1-16(2)13-19-9-11-20(12-10-19)17(3)22(24)15-21(23)14-18-7-5-4-6-8-18/h4-12,16-17H,13-15H2,1-3H3/t17-/m1/s1. The molecule has 0 aromatic heterocycles. The molecule has 2 heteroatoms. The molecule has 0 saturated carbocycles. The van der Waals surface area contributed by atoms with Crippen LogP contribution in [0, 0.1) is 5.92 Å². The van der Waals surface area contributed by atoms with Crippen LogP contribution in [0.3, 0.4) is 0 Å². The molecule has 0 bridgehead atoms. The van der Waals surface area contributed by atoms with Crippen molar-refractivity contribution in [3.8, 4) is 0 Å². The minimum atomic E-state index is -0.238. The summed E-state index contributed by atoms with van der Waals surface area (Å²) < 4.78 is 0. The normalized spacial score (nSPS) is 12.2. The van der Waals surface area contributed by atoms with E-state index in [9.17, 15) is 9.59 Å². The summed E-state index contributed by atoms with van der Waals surface area (Å²) in [5.74, 6) is 0.352. The highest BCUT2D eigenvalue weighted by Gasteiger charge is 2.18. The topological polar surface area (TPSA) is 34.1 Å². The Labute approximate surface area is 144 Å². The molecule has 2 nitrogen and oxygen atoms in total. The summed E-state index contributed by atoms with van der Waals surface area (Å²) in [4.78, 5) is 24.5. The van der Waals surface area contributed by atoms with Gasteiger partial charge in [-0.05, 0) is 29.0 Å². The average Bonchev–Trinajstić information content (AvgIpc) is 2.55. The Morgan fingerprint density at radius 2 is 1.46 bits per heavy atom. The molecule has 24 heavy (non-hydrogen) atoms. The molecule has 0 heterocycles. The monoisotopic (exact) mass is 322 g/mol. The number of hydrogen-bond donors (Lipinski definition) is 0. The molecule has 126 valence electrons. The number of rotatable bonds is 8. The average molecular weight is 322 g/mol. The zero-order chi connectivity index (χ0) is 17.5. The van der Waals surface area contributed by atoms with Gasteiger partial charge in [0.2, 0.25) is 0 Å². The van der Waals surface area contributed by atoms with E-state index in [1.165, 1.54) is 5.56 Å². The Hall–Kier alpha value is -2.22. The molecule has 0 saturated heterocycles. The van der Waals surface area contributed by atoms with E-state index in [2.05, 4.69) is 26.0 Å². The van der Waals surface area contributed by atoms with Gasteiger partial charge >= 0.3 is 0 Å². The van der Waals surface area contributed by atoms with E-state index < -0.39 is 0 Å². The van der Waals surface area contributed by atoms with Crippen LogP contribution in [0.25, 0.3) is 0 Å². The van der Waals surface area contributed by atoms with Gasteiger partial charge in [0.05, 0.1) is 6.42 Å². The number of Topliss-reactive ketones (excluding diaryl/α,β-unsaturated/α-hetero) is 2. The van der Waals surface area contributed by atoms with Crippen LogP contribution in [0.4, 0.5) is 0 Å². The van der Waals surface area contributed by atoms with Crippen molar-refractivity contribution in [3.05, 3.63) is 71.3 Å². The number of carbonyl (C=O) groups is 2. The first-order valence-electron chi connectivity index (χ1n) is 8.63. The molecule has 0 amide bonds. The summed E-state index contributed by atoms with van der Waals surface area (Å²) in [5, 5.41) is 0. The van der Waals surface area contributed by atoms with Gasteiger partial charge in [0.25, 0.3) is 0 Å². The summed E-state index contributed by atoms with van der Waals surface area (Å²) in [7, 11) is 0. The quantitative estimate of drug-likeness (QED) is 0.657. The molecule has 0 radical (unpaired) electrons. The van der Waals surface area contributed by atoms with Crippen LogP contribution in [0.5, 0.6) is 0 Å². The molecular formula is C22H26O2. The van der Waals surface area contributed by atoms with Gasteiger partial charge in [-0.1, -0.05) is 75.4 Å². The molecule has 2 aromatic carbocycles. The van der Waals surface area contributed by atoms with Gasteiger partial charge in [-0.15, -0.1) is 0 Å². The molecule has 0 spiro atoms. The van der Waals surface area contributed by atoms with Gasteiger partial charge in [-0.3, -0.25) is 9.59 Å². The van der Waals surface area contributed by atoms with Gasteiger partial charge < -0.3 is 0 Å². The summed E-state index contributed by atoms with van der Waals surface area (Å²) in [6.45, 7) is 6.27. The molecule has 0 aliphatic carbocycles. The highest BCUT2D eigenvalue weighted by Crippen LogP contribution is 2.20. The van der Waals surface area contributed by atoms with Crippen molar-refractivity contribution in [3.63, 3.8) is 0 Å². The van der Waals surface area contributed by atoms with Crippen LogP contribution in [0.2, 0.25) is 0 Å². The number of benzene rings is 2.